The van der Waals surface area contributed by atoms with E-state index in [1.165, 1.54) is 0 Å². The van der Waals surface area contributed by atoms with Crippen LogP contribution in [-0.4, -0.2) is 54.4 Å². The number of aromatic hydroxyl groups is 1. The summed E-state index contributed by atoms with van der Waals surface area (Å²) < 4.78 is 10.7. The zero-order valence-corrected chi connectivity index (χ0v) is 15.4. The quantitative estimate of drug-likeness (QED) is 0.763. The SMILES string of the molecule is CC(C)Oc1ccc2c(Cl)nc(OC(=O)NCCN(C)C)c(O)c2c1. The standard InChI is InChI=1S/C17H22ClN3O4/c1-10(2)24-11-5-6-12-13(9-11)14(22)16(20-15(12)18)25-17(23)19-7-8-21(3)4/h5-6,9-10,22H,7-8H2,1-4H3,(H,19,23). The maximum absolute atomic E-state index is 11.8. The number of benzene rings is 1. The molecule has 0 aliphatic carbocycles. The van der Waals surface area contributed by atoms with Crippen molar-refractivity contribution in [3.05, 3.63) is 23.4 Å². The summed E-state index contributed by atoms with van der Waals surface area (Å²) in [5.74, 6) is 0.0550. The summed E-state index contributed by atoms with van der Waals surface area (Å²) in [6.07, 6.45) is -0.732. The number of hydrogen-bond acceptors (Lipinski definition) is 6. The first-order chi connectivity index (χ1) is 11.8. The third-order valence-electron chi connectivity index (χ3n) is 3.26. The Morgan fingerprint density at radius 3 is 2.72 bits per heavy atom. The summed E-state index contributed by atoms with van der Waals surface area (Å²) in [6, 6.07) is 5.07. The lowest BCUT2D eigenvalue weighted by atomic mass is 10.1. The number of rotatable bonds is 6. The molecule has 1 aromatic carbocycles. The van der Waals surface area contributed by atoms with E-state index in [0.29, 0.717) is 29.6 Å². The topological polar surface area (TPSA) is 83.9 Å². The summed E-state index contributed by atoms with van der Waals surface area (Å²) in [5, 5.41) is 14.0. The number of carbonyl (C=O) groups excluding carboxylic acids is 1. The second-order valence-corrected chi connectivity index (χ2v) is 6.41. The van der Waals surface area contributed by atoms with Crippen molar-refractivity contribution in [1.29, 1.82) is 0 Å². The first kappa shape index (κ1) is 19.1. The number of nitrogens with one attached hydrogen (secondary N) is 1. The maximum Gasteiger partial charge on any atom is 0.414 e. The van der Waals surface area contributed by atoms with Crippen LogP contribution in [0.2, 0.25) is 5.15 Å². The number of nitrogens with zero attached hydrogens (tertiary/aromatic N) is 2. The largest absolute Gasteiger partial charge is 0.503 e. The number of carbonyl (C=O) groups is 1. The van der Waals surface area contributed by atoms with E-state index in [0.717, 1.165) is 0 Å². The minimum atomic E-state index is -0.713. The number of hydrogen-bond donors (Lipinski definition) is 2. The molecule has 1 amide bonds. The van der Waals surface area contributed by atoms with Gasteiger partial charge in [0.1, 0.15) is 10.9 Å². The number of aromatic nitrogens is 1. The molecule has 2 rings (SSSR count). The van der Waals surface area contributed by atoms with Crippen LogP contribution < -0.4 is 14.8 Å². The lowest BCUT2D eigenvalue weighted by Crippen LogP contribution is -2.33. The molecular formula is C17H22ClN3O4. The van der Waals surface area contributed by atoms with Crippen molar-refractivity contribution < 1.29 is 19.4 Å². The van der Waals surface area contributed by atoms with E-state index in [1.54, 1.807) is 18.2 Å². The predicted molar refractivity (Wildman–Crippen MR) is 96.8 cm³/mol. The summed E-state index contributed by atoms with van der Waals surface area (Å²) in [4.78, 5) is 17.7. The van der Waals surface area contributed by atoms with Crippen LogP contribution >= 0.6 is 11.6 Å². The minimum Gasteiger partial charge on any atom is -0.503 e. The molecule has 0 atom stereocenters. The van der Waals surface area contributed by atoms with Gasteiger partial charge in [-0.25, -0.2) is 4.79 Å². The fourth-order valence-electron chi connectivity index (χ4n) is 2.14. The van der Waals surface area contributed by atoms with Crippen molar-refractivity contribution >= 4 is 28.5 Å². The van der Waals surface area contributed by atoms with Gasteiger partial charge in [0.2, 0.25) is 0 Å². The number of fused-ring (bicyclic) bond motifs is 1. The number of ether oxygens (including phenoxy) is 2. The first-order valence-electron chi connectivity index (χ1n) is 7.87. The Labute approximate surface area is 151 Å². The molecule has 2 N–H and O–H groups in total. The number of pyridine rings is 1. The Bertz CT molecular complexity index is 765. The van der Waals surface area contributed by atoms with E-state index in [1.807, 2.05) is 32.8 Å². The highest BCUT2D eigenvalue weighted by atomic mass is 35.5. The Balaban J connectivity index is 2.25. The molecule has 136 valence electrons. The molecule has 0 saturated heterocycles. The minimum absolute atomic E-state index is 0.0184. The second kappa shape index (κ2) is 8.22. The summed E-state index contributed by atoms with van der Waals surface area (Å²) in [6.45, 7) is 4.86. The van der Waals surface area contributed by atoms with E-state index in [-0.39, 0.29) is 22.9 Å². The van der Waals surface area contributed by atoms with E-state index < -0.39 is 6.09 Å². The zero-order valence-electron chi connectivity index (χ0n) is 14.7. The Hall–Kier alpha value is -2.25. The molecule has 7 nitrogen and oxygen atoms in total. The zero-order chi connectivity index (χ0) is 18.6. The van der Waals surface area contributed by atoms with Crippen molar-refractivity contribution in [2.24, 2.45) is 0 Å². The van der Waals surface area contributed by atoms with Crippen molar-refractivity contribution in [1.82, 2.24) is 15.2 Å². The molecule has 0 radical (unpaired) electrons. The van der Waals surface area contributed by atoms with Gasteiger partial charge >= 0.3 is 6.09 Å². The smallest absolute Gasteiger partial charge is 0.414 e. The van der Waals surface area contributed by atoms with E-state index in [9.17, 15) is 9.90 Å². The Morgan fingerprint density at radius 2 is 2.08 bits per heavy atom. The number of likely N-dealkylation sites (N-methyl/N-ethyl adjacent to an activating group) is 1. The van der Waals surface area contributed by atoms with Gasteiger partial charge in [-0.3, -0.25) is 0 Å². The molecule has 0 unspecified atom stereocenters. The van der Waals surface area contributed by atoms with Crippen LogP contribution in [0.25, 0.3) is 10.8 Å². The van der Waals surface area contributed by atoms with Crippen LogP contribution in [0.4, 0.5) is 4.79 Å². The Morgan fingerprint density at radius 1 is 1.36 bits per heavy atom. The van der Waals surface area contributed by atoms with Gasteiger partial charge in [0.15, 0.2) is 5.75 Å². The predicted octanol–water partition coefficient (Wildman–Crippen LogP) is 3.03. The van der Waals surface area contributed by atoms with Gasteiger partial charge in [-0.15, -0.1) is 0 Å². The summed E-state index contributed by atoms with van der Waals surface area (Å²) >= 11 is 6.14. The van der Waals surface area contributed by atoms with Gasteiger partial charge in [-0.1, -0.05) is 11.6 Å². The van der Waals surface area contributed by atoms with Crippen LogP contribution in [0.5, 0.6) is 17.4 Å². The molecule has 0 bridgehead atoms. The molecule has 0 aliphatic heterocycles. The van der Waals surface area contributed by atoms with Crippen LogP contribution in [0.15, 0.2) is 18.2 Å². The number of amides is 1. The highest BCUT2D eigenvalue weighted by Crippen LogP contribution is 2.38. The molecular weight excluding hydrogens is 346 g/mol. The van der Waals surface area contributed by atoms with Crippen molar-refractivity contribution in [3.63, 3.8) is 0 Å². The summed E-state index contributed by atoms with van der Waals surface area (Å²) in [7, 11) is 3.78. The fraction of sp³-hybridized carbons (Fsp3) is 0.412. The lowest BCUT2D eigenvalue weighted by molar-refractivity contribution is 0.195. The fourth-order valence-corrected chi connectivity index (χ4v) is 2.38. The normalized spacial score (nSPS) is 11.2. The van der Waals surface area contributed by atoms with Gasteiger partial charge < -0.3 is 24.8 Å². The van der Waals surface area contributed by atoms with Gasteiger partial charge in [-0.05, 0) is 46.1 Å². The van der Waals surface area contributed by atoms with E-state index in [4.69, 9.17) is 21.1 Å². The molecule has 0 spiro atoms. The average Bonchev–Trinajstić information content (AvgIpc) is 2.51. The lowest BCUT2D eigenvalue weighted by Gasteiger charge is -2.13. The van der Waals surface area contributed by atoms with Crippen molar-refractivity contribution in [2.75, 3.05) is 27.2 Å². The molecule has 8 heteroatoms. The third-order valence-corrected chi connectivity index (χ3v) is 3.55. The number of halogens is 1. The van der Waals surface area contributed by atoms with Crippen LogP contribution in [-0.2, 0) is 0 Å². The van der Waals surface area contributed by atoms with Crippen LogP contribution in [0.3, 0.4) is 0 Å². The molecule has 0 aliphatic rings. The molecule has 0 fully saturated rings. The highest BCUT2D eigenvalue weighted by Gasteiger charge is 2.17. The monoisotopic (exact) mass is 367 g/mol. The van der Waals surface area contributed by atoms with Crippen molar-refractivity contribution in [2.45, 2.75) is 20.0 Å². The molecule has 1 aromatic heterocycles. The second-order valence-electron chi connectivity index (χ2n) is 6.05. The first-order valence-corrected chi connectivity index (χ1v) is 8.25. The molecule has 0 saturated carbocycles. The van der Waals surface area contributed by atoms with Crippen LogP contribution in [0.1, 0.15) is 13.8 Å². The molecule has 2 aromatic rings. The van der Waals surface area contributed by atoms with E-state index in [2.05, 4.69) is 10.3 Å². The maximum atomic E-state index is 11.8. The van der Waals surface area contributed by atoms with Gasteiger partial charge in [0.05, 0.1) is 6.10 Å². The average molecular weight is 368 g/mol. The van der Waals surface area contributed by atoms with Gasteiger partial charge in [0.25, 0.3) is 5.88 Å². The van der Waals surface area contributed by atoms with E-state index >= 15 is 0 Å². The summed E-state index contributed by atoms with van der Waals surface area (Å²) in [5.41, 5.74) is 0. The highest BCUT2D eigenvalue weighted by molar-refractivity contribution is 6.34. The third kappa shape index (κ3) is 5.11. The Kier molecular flexibility index (Phi) is 6.27. The van der Waals surface area contributed by atoms with Gasteiger partial charge in [-0.2, -0.15) is 4.98 Å². The molecule has 25 heavy (non-hydrogen) atoms. The van der Waals surface area contributed by atoms with Crippen LogP contribution in [0, 0.1) is 0 Å². The molecule has 1 heterocycles. The van der Waals surface area contributed by atoms with Gasteiger partial charge in [0, 0.05) is 23.9 Å². The van der Waals surface area contributed by atoms with Crippen molar-refractivity contribution in [3.8, 4) is 17.4 Å².